The standard InChI is InChI=1S/C12H18N2O4S2/c1-4-8(2)12(16)13-7-10(15)14-20(17,18)11-6-5-9(3)19-11/h5-6,8H,4,7H2,1-3H3,(H,13,16)(H,14,15)/t8-/m1/s1. The summed E-state index contributed by atoms with van der Waals surface area (Å²) >= 11 is 1.08. The Morgan fingerprint density at radius 3 is 2.50 bits per heavy atom. The van der Waals surface area contributed by atoms with Gasteiger partial charge in [0, 0.05) is 10.8 Å². The van der Waals surface area contributed by atoms with Crippen molar-refractivity contribution < 1.29 is 18.0 Å². The van der Waals surface area contributed by atoms with Crippen LogP contribution in [0.15, 0.2) is 16.3 Å². The summed E-state index contributed by atoms with van der Waals surface area (Å²) < 4.78 is 25.7. The zero-order chi connectivity index (χ0) is 15.3. The highest BCUT2D eigenvalue weighted by Crippen LogP contribution is 2.20. The van der Waals surface area contributed by atoms with Gasteiger partial charge in [-0.2, -0.15) is 0 Å². The quantitative estimate of drug-likeness (QED) is 0.819. The molecule has 1 aromatic rings. The lowest BCUT2D eigenvalue weighted by molar-refractivity contribution is -0.127. The largest absolute Gasteiger partial charge is 0.347 e. The van der Waals surface area contributed by atoms with Gasteiger partial charge in [0.25, 0.3) is 15.9 Å². The molecule has 1 heterocycles. The van der Waals surface area contributed by atoms with Gasteiger partial charge >= 0.3 is 0 Å². The number of carbonyl (C=O) groups is 2. The van der Waals surface area contributed by atoms with E-state index in [4.69, 9.17) is 0 Å². The fourth-order valence-corrected chi connectivity index (χ4v) is 3.59. The van der Waals surface area contributed by atoms with Crippen LogP contribution in [0.4, 0.5) is 0 Å². The zero-order valence-corrected chi connectivity index (χ0v) is 13.2. The molecule has 6 nitrogen and oxygen atoms in total. The maximum absolute atomic E-state index is 11.9. The molecule has 0 aromatic carbocycles. The van der Waals surface area contributed by atoms with Gasteiger partial charge in [0.1, 0.15) is 4.21 Å². The van der Waals surface area contributed by atoms with Gasteiger partial charge in [-0.05, 0) is 25.5 Å². The van der Waals surface area contributed by atoms with E-state index in [-0.39, 0.29) is 22.6 Å². The van der Waals surface area contributed by atoms with Crippen molar-refractivity contribution in [2.75, 3.05) is 6.54 Å². The third-order valence-corrected chi connectivity index (χ3v) is 5.58. The van der Waals surface area contributed by atoms with Crippen molar-refractivity contribution in [3.63, 3.8) is 0 Å². The number of amides is 2. The van der Waals surface area contributed by atoms with E-state index in [2.05, 4.69) is 5.32 Å². The Balaban J connectivity index is 2.56. The van der Waals surface area contributed by atoms with Gasteiger partial charge in [0.05, 0.1) is 6.54 Å². The molecule has 1 rings (SSSR count). The molecule has 0 aliphatic heterocycles. The van der Waals surface area contributed by atoms with E-state index >= 15 is 0 Å². The maximum atomic E-state index is 11.9. The van der Waals surface area contributed by atoms with Crippen LogP contribution in [-0.2, 0) is 19.6 Å². The first-order valence-electron chi connectivity index (χ1n) is 6.16. The molecule has 0 saturated carbocycles. The van der Waals surface area contributed by atoms with Crippen molar-refractivity contribution in [3.05, 3.63) is 17.0 Å². The van der Waals surface area contributed by atoms with E-state index in [0.717, 1.165) is 16.2 Å². The zero-order valence-electron chi connectivity index (χ0n) is 11.6. The third-order valence-electron chi connectivity index (χ3n) is 2.71. The molecule has 0 aliphatic rings. The van der Waals surface area contributed by atoms with Gasteiger partial charge in [-0.1, -0.05) is 13.8 Å². The van der Waals surface area contributed by atoms with Crippen molar-refractivity contribution in [2.45, 2.75) is 31.4 Å². The normalized spacial score (nSPS) is 12.8. The molecule has 0 saturated heterocycles. The van der Waals surface area contributed by atoms with E-state index in [1.54, 1.807) is 19.9 Å². The molecule has 1 atom stereocenters. The molecule has 0 radical (unpaired) electrons. The van der Waals surface area contributed by atoms with Gasteiger partial charge in [0.2, 0.25) is 5.91 Å². The number of hydrogen-bond donors (Lipinski definition) is 2. The van der Waals surface area contributed by atoms with Crippen LogP contribution in [0.25, 0.3) is 0 Å². The number of rotatable bonds is 6. The minimum Gasteiger partial charge on any atom is -0.347 e. The summed E-state index contributed by atoms with van der Waals surface area (Å²) in [5, 5.41) is 2.40. The first-order chi connectivity index (χ1) is 9.26. The summed E-state index contributed by atoms with van der Waals surface area (Å²) in [5.41, 5.74) is 0. The second-order valence-electron chi connectivity index (χ2n) is 4.42. The van der Waals surface area contributed by atoms with E-state index in [0.29, 0.717) is 6.42 Å². The fraction of sp³-hybridized carbons (Fsp3) is 0.500. The monoisotopic (exact) mass is 318 g/mol. The third kappa shape index (κ3) is 4.61. The van der Waals surface area contributed by atoms with E-state index in [1.807, 2.05) is 11.6 Å². The molecule has 2 N–H and O–H groups in total. The van der Waals surface area contributed by atoms with Gasteiger partial charge < -0.3 is 5.32 Å². The van der Waals surface area contributed by atoms with Crippen LogP contribution < -0.4 is 10.0 Å². The molecule has 0 fully saturated rings. The second-order valence-corrected chi connectivity index (χ2v) is 7.62. The smallest absolute Gasteiger partial charge is 0.273 e. The minimum atomic E-state index is -3.84. The molecule has 20 heavy (non-hydrogen) atoms. The molecule has 112 valence electrons. The van der Waals surface area contributed by atoms with Crippen LogP contribution in [-0.4, -0.2) is 26.8 Å². The molecule has 2 amide bonds. The molecule has 0 spiro atoms. The summed E-state index contributed by atoms with van der Waals surface area (Å²) in [4.78, 5) is 23.9. The van der Waals surface area contributed by atoms with Crippen LogP contribution in [0.1, 0.15) is 25.1 Å². The first-order valence-corrected chi connectivity index (χ1v) is 8.46. The van der Waals surface area contributed by atoms with Crippen LogP contribution in [0, 0.1) is 12.8 Å². The molecule has 0 unspecified atom stereocenters. The van der Waals surface area contributed by atoms with Crippen molar-refractivity contribution in [2.24, 2.45) is 5.92 Å². The van der Waals surface area contributed by atoms with E-state index in [1.165, 1.54) is 6.07 Å². The maximum Gasteiger partial charge on any atom is 0.273 e. The van der Waals surface area contributed by atoms with Gasteiger partial charge in [0.15, 0.2) is 0 Å². The van der Waals surface area contributed by atoms with Gasteiger partial charge in [-0.3, -0.25) is 9.59 Å². The highest BCUT2D eigenvalue weighted by atomic mass is 32.2. The molecule has 1 aromatic heterocycles. The van der Waals surface area contributed by atoms with Crippen molar-refractivity contribution in [3.8, 4) is 0 Å². The second kappa shape index (κ2) is 6.85. The molecular formula is C12H18N2O4S2. The predicted octanol–water partition coefficient (Wildman–Crippen LogP) is 1.02. The van der Waals surface area contributed by atoms with Crippen LogP contribution in [0.3, 0.4) is 0 Å². The Morgan fingerprint density at radius 1 is 1.35 bits per heavy atom. The van der Waals surface area contributed by atoms with Crippen molar-refractivity contribution >= 4 is 33.2 Å². The lowest BCUT2D eigenvalue weighted by Crippen LogP contribution is -2.41. The highest BCUT2D eigenvalue weighted by molar-refractivity contribution is 7.92. The lowest BCUT2D eigenvalue weighted by Gasteiger charge is -2.10. The number of nitrogens with one attached hydrogen (secondary N) is 2. The summed E-state index contributed by atoms with van der Waals surface area (Å²) in [5.74, 6) is -1.24. The lowest BCUT2D eigenvalue weighted by atomic mass is 10.1. The highest BCUT2D eigenvalue weighted by Gasteiger charge is 2.20. The Kier molecular flexibility index (Phi) is 5.70. The van der Waals surface area contributed by atoms with Crippen LogP contribution in [0.2, 0.25) is 0 Å². The Labute approximate surface area is 122 Å². The summed E-state index contributed by atoms with van der Waals surface area (Å²) in [6.07, 6.45) is 0.653. The number of thiophene rings is 1. The van der Waals surface area contributed by atoms with Crippen LogP contribution in [0.5, 0.6) is 0 Å². The minimum absolute atomic E-state index is 0.0802. The molecule has 0 bridgehead atoms. The number of carbonyl (C=O) groups excluding carboxylic acids is 2. The van der Waals surface area contributed by atoms with E-state index < -0.39 is 15.9 Å². The topological polar surface area (TPSA) is 92.3 Å². The average Bonchev–Trinajstić information content (AvgIpc) is 2.82. The first kappa shape index (κ1) is 16.6. The predicted molar refractivity (Wildman–Crippen MR) is 76.8 cm³/mol. The Bertz CT molecular complexity index is 592. The molecule has 8 heteroatoms. The van der Waals surface area contributed by atoms with Gasteiger partial charge in [-0.15, -0.1) is 11.3 Å². The SMILES string of the molecule is CC[C@@H](C)C(=O)NCC(=O)NS(=O)(=O)c1ccc(C)s1. The number of hydrogen-bond acceptors (Lipinski definition) is 5. The van der Waals surface area contributed by atoms with Crippen molar-refractivity contribution in [1.29, 1.82) is 0 Å². The van der Waals surface area contributed by atoms with Gasteiger partial charge in [-0.25, -0.2) is 13.1 Å². The number of aryl methyl sites for hydroxylation is 1. The summed E-state index contributed by atoms with van der Waals surface area (Å²) in [6, 6.07) is 3.10. The summed E-state index contributed by atoms with van der Waals surface area (Å²) in [6.45, 7) is 5.01. The van der Waals surface area contributed by atoms with Crippen molar-refractivity contribution in [1.82, 2.24) is 10.0 Å². The summed E-state index contributed by atoms with van der Waals surface area (Å²) in [7, 11) is -3.84. The van der Waals surface area contributed by atoms with E-state index in [9.17, 15) is 18.0 Å². The molecule has 0 aliphatic carbocycles. The fourth-order valence-electron chi connectivity index (χ4n) is 1.32. The number of sulfonamides is 1. The Hall–Kier alpha value is -1.41. The molecular weight excluding hydrogens is 300 g/mol. The average molecular weight is 318 g/mol. The van der Waals surface area contributed by atoms with Crippen LogP contribution >= 0.6 is 11.3 Å². The Morgan fingerprint density at radius 2 is 2.00 bits per heavy atom.